The van der Waals surface area contributed by atoms with Crippen LogP contribution in [-0.4, -0.2) is 15.7 Å². The van der Waals surface area contributed by atoms with Crippen LogP contribution in [0.3, 0.4) is 0 Å². The van der Waals surface area contributed by atoms with Crippen molar-refractivity contribution in [2.45, 2.75) is 6.92 Å². The summed E-state index contributed by atoms with van der Waals surface area (Å²) in [4.78, 5) is 12.5. The molecule has 0 fully saturated rings. The molecule has 29 heavy (non-hydrogen) atoms. The van der Waals surface area contributed by atoms with E-state index < -0.39 is 0 Å². The number of hydrogen-bond acceptors (Lipinski definition) is 2. The summed E-state index contributed by atoms with van der Waals surface area (Å²) in [6.45, 7) is 2.05. The van der Waals surface area contributed by atoms with Crippen molar-refractivity contribution < 1.29 is 4.79 Å². The van der Waals surface area contributed by atoms with E-state index in [-0.39, 0.29) is 5.91 Å². The fraction of sp³-hybridized carbons (Fsp3) is 0.0400. The van der Waals surface area contributed by atoms with Gasteiger partial charge in [-0.1, -0.05) is 78.4 Å². The summed E-state index contributed by atoms with van der Waals surface area (Å²) in [7, 11) is 0. The zero-order valence-corrected chi connectivity index (χ0v) is 16.1. The third-order valence-corrected chi connectivity index (χ3v) is 4.54. The van der Waals surface area contributed by atoms with E-state index in [2.05, 4.69) is 24.4 Å². The Balaban J connectivity index is 1.65. The van der Waals surface area contributed by atoms with Crippen LogP contribution in [0, 0.1) is 6.92 Å². The number of amides is 1. The Morgan fingerprint density at radius 1 is 0.897 bits per heavy atom. The lowest BCUT2D eigenvalue weighted by Crippen LogP contribution is -2.12. The summed E-state index contributed by atoms with van der Waals surface area (Å²) in [5.41, 5.74) is 4.85. The Kier molecular flexibility index (Phi) is 5.34. The van der Waals surface area contributed by atoms with Crippen LogP contribution >= 0.6 is 0 Å². The number of carbonyl (C=O) groups is 1. The summed E-state index contributed by atoms with van der Waals surface area (Å²) in [6.07, 6.45) is 3.32. The quantitative estimate of drug-likeness (QED) is 0.466. The van der Waals surface area contributed by atoms with Gasteiger partial charge in [0.2, 0.25) is 5.91 Å². The van der Waals surface area contributed by atoms with Crippen molar-refractivity contribution in [3.63, 3.8) is 0 Å². The van der Waals surface area contributed by atoms with E-state index in [1.807, 2.05) is 78.9 Å². The Morgan fingerprint density at radius 3 is 2.24 bits per heavy atom. The van der Waals surface area contributed by atoms with Crippen molar-refractivity contribution in [1.29, 1.82) is 0 Å². The highest BCUT2D eigenvalue weighted by Crippen LogP contribution is 2.25. The molecule has 4 nitrogen and oxygen atoms in total. The SMILES string of the molecule is Cc1ccc(-c2cc(NC(=O)/C=C\c3ccccc3)n(-c3ccccc3)n2)cc1. The van der Waals surface area contributed by atoms with Crippen molar-refractivity contribution in [2.24, 2.45) is 0 Å². The van der Waals surface area contributed by atoms with E-state index >= 15 is 0 Å². The molecule has 3 aromatic carbocycles. The molecule has 0 spiro atoms. The molecule has 0 aliphatic carbocycles. The number of nitrogens with one attached hydrogen (secondary N) is 1. The molecular formula is C25H21N3O. The first-order chi connectivity index (χ1) is 14.2. The van der Waals surface area contributed by atoms with Crippen molar-refractivity contribution in [3.8, 4) is 16.9 Å². The van der Waals surface area contributed by atoms with Crippen molar-refractivity contribution >= 4 is 17.8 Å². The number of hydrogen-bond donors (Lipinski definition) is 1. The van der Waals surface area contributed by atoms with Crippen LogP contribution in [-0.2, 0) is 4.79 Å². The molecule has 4 aromatic rings. The Bertz CT molecular complexity index is 1130. The molecule has 0 unspecified atom stereocenters. The molecule has 0 bridgehead atoms. The lowest BCUT2D eigenvalue weighted by Gasteiger charge is -2.07. The Morgan fingerprint density at radius 2 is 1.55 bits per heavy atom. The van der Waals surface area contributed by atoms with Gasteiger partial charge in [0.1, 0.15) is 5.82 Å². The second-order valence-corrected chi connectivity index (χ2v) is 6.76. The standard InChI is InChI=1S/C25H21N3O/c1-19-12-15-21(16-13-19)23-18-24(28(27-23)22-10-6-3-7-11-22)26-25(29)17-14-20-8-4-2-5-9-20/h2-18H,1H3,(H,26,29)/b17-14-. The van der Waals surface area contributed by atoms with E-state index in [9.17, 15) is 4.79 Å². The molecule has 1 aromatic heterocycles. The zero-order chi connectivity index (χ0) is 20.1. The molecule has 0 aliphatic rings. The topological polar surface area (TPSA) is 46.9 Å². The van der Waals surface area contributed by atoms with Crippen molar-refractivity contribution in [3.05, 3.63) is 108 Å². The van der Waals surface area contributed by atoms with Crippen LogP contribution in [0.25, 0.3) is 23.0 Å². The van der Waals surface area contributed by atoms with E-state index in [0.717, 1.165) is 22.5 Å². The highest BCUT2D eigenvalue weighted by Gasteiger charge is 2.12. The predicted molar refractivity (Wildman–Crippen MR) is 118 cm³/mol. The van der Waals surface area contributed by atoms with Gasteiger partial charge in [-0.2, -0.15) is 5.10 Å². The third-order valence-electron chi connectivity index (χ3n) is 4.54. The van der Waals surface area contributed by atoms with E-state index in [1.54, 1.807) is 10.8 Å². The number of aryl methyl sites for hydroxylation is 1. The first kappa shape index (κ1) is 18.4. The third kappa shape index (κ3) is 4.50. The smallest absolute Gasteiger partial charge is 0.249 e. The van der Waals surface area contributed by atoms with Gasteiger partial charge in [0, 0.05) is 17.7 Å². The lowest BCUT2D eigenvalue weighted by molar-refractivity contribution is -0.111. The van der Waals surface area contributed by atoms with Gasteiger partial charge in [0.05, 0.1) is 11.4 Å². The minimum Gasteiger partial charge on any atom is -0.307 e. The number of carbonyl (C=O) groups excluding carboxylic acids is 1. The van der Waals surface area contributed by atoms with Gasteiger partial charge in [-0.3, -0.25) is 4.79 Å². The molecule has 0 aliphatic heterocycles. The molecule has 1 heterocycles. The normalized spacial score (nSPS) is 10.9. The molecule has 1 amide bonds. The Hall–Kier alpha value is -3.92. The van der Waals surface area contributed by atoms with E-state index in [4.69, 9.17) is 5.10 Å². The maximum absolute atomic E-state index is 12.5. The molecule has 0 radical (unpaired) electrons. The van der Waals surface area contributed by atoms with Gasteiger partial charge in [-0.15, -0.1) is 0 Å². The number of anilines is 1. The number of aromatic nitrogens is 2. The van der Waals surface area contributed by atoms with Crippen molar-refractivity contribution in [1.82, 2.24) is 9.78 Å². The zero-order valence-electron chi connectivity index (χ0n) is 16.1. The number of nitrogens with zero attached hydrogens (tertiary/aromatic N) is 2. The largest absolute Gasteiger partial charge is 0.307 e. The van der Waals surface area contributed by atoms with Gasteiger partial charge < -0.3 is 5.32 Å². The second kappa shape index (κ2) is 8.40. The van der Waals surface area contributed by atoms with Crippen LogP contribution in [0.2, 0.25) is 0 Å². The lowest BCUT2D eigenvalue weighted by atomic mass is 10.1. The van der Waals surface area contributed by atoms with Crippen LogP contribution in [0.15, 0.2) is 97.1 Å². The number of rotatable bonds is 5. The minimum atomic E-state index is -0.207. The van der Waals surface area contributed by atoms with E-state index in [0.29, 0.717) is 5.82 Å². The summed E-state index contributed by atoms with van der Waals surface area (Å²) in [5, 5.41) is 7.69. The predicted octanol–water partition coefficient (Wildman–Crippen LogP) is 5.50. The molecular weight excluding hydrogens is 358 g/mol. The number of para-hydroxylation sites is 1. The summed E-state index contributed by atoms with van der Waals surface area (Å²) in [5.74, 6) is 0.413. The summed E-state index contributed by atoms with van der Waals surface area (Å²) in [6, 6.07) is 29.6. The summed E-state index contributed by atoms with van der Waals surface area (Å²) < 4.78 is 1.75. The number of benzene rings is 3. The average molecular weight is 379 g/mol. The molecule has 142 valence electrons. The monoisotopic (exact) mass is 379 g/mol. The van der Waals surface area contributed by atoms with Crippen molar-refractivity contribution in [2.75, 3.05) is 5.32 Å². The van der Waals surface area contributed by atoms with Gasteiger partial charge >= 0.3 is 0 Å². The van der Waals surface area contributed by atoms with Gasteiger partial charge in [-0.25, -0.2) is 4.68 Å². The Labute approximate surface area is 170 Å². The van der Waals surface area contributed by atoms with Crippen LogP contribution in [0.1, 0.15) is 11.1 Å². The van der Waals surface area contributed by atoms with Crippen LogP contribution in [0.4, 0.5) is 5.82 Å². The molecule has 0 atom stereocenters. The van der Waals surface area contributed by atoms with Crippen LogP contribution in [0.5, 0.6) is 0 Å². The van der Waals surface area contributed by atoms with E-state index in [1.165, 1.54) is 11.6 Å². The highest BCUT2D eigenvalue weighted by molar-refractivity contribution is 6.01. The fourth-order valence-corrected chi connectivity index (χ4v) is 3.01. The van der Waals surface area contributed by atoms with Gasteiger partial charge in [0.15, 0.2) is 0 Å². The molecule has 4 heteroatoms. The van der Waals surface area contributed by atoms with Gasteiger partial charge in [0.25, 0.3) is 0 Å². The molecule has 0 saturated carbocycles. The maximum Gasteiger partial charge on any atom is 0.249 e. The minimum absolute atomic E-state index is 0.207. The van der Waals surface area contributed by atoms with Gasteiger partial charge in [-0.05, 0) is 30.7 Å². The second-order valence-electron chi connectivity index (χ2n) is 6.76. The molecule has 1 N–H and O–H groups in total. The molecule has 4 rings (SSSR count). The average Bonchev–Trinajstić information content (AvgIpc) is 3.18. The maximum atomic E-state index is 12.5. The first-order valence-corrected chi connectivity index (χ1v) is 9.46. The fourth-order valence-electron chi connectivity index (χ4n) is 3.01. The van der Waals surface area contributed by atoms with Crippen LogP contribution < -0.4 is 5.32 Å². The summed E-state index contributed by atoms with van der Waals surface area (Å²) >= 11 is 0. The molecule has 0 saturated heterocycles. The first-order valence-electron chi connectivity index (χ1n) is 9.46. The highest BCUT2D eigenvalue weighted by atomic mass is 16.1.